The van der Waals surface area contributed by atoms with Crippen LogP contribution in [-0.2, 0) is 0 Å². The van der Waals surface area contributed by atoms with Gasteiger partial charge in [-0.3, -0.25) is 5.41 Å². The van der Waals surface area contributed by atoms with Crippen LogP contribution in [0.2, 0.25) is 0 Å². The van der Waals surface area contributed by atoms with E-state index in [1.165, 1.54) is 59.7 Å². The Morgan fingerprint density at radius 1 is 0.552 bits per heavy atom. The largest absolute Gasteiger partial charge is 0.383 e. The second kappa shape index (κ2) is 15.1. The Bertz CT molecular complexity index is 3290. The summed E-state index contributed by atoms with van der Waals surface area (Å²) < 4.78 is 4.69. The zero-order valence-electron chi connectivity index (χ0n) is 32.2. The molecule has 5 nitrogen and oxygen atoms in total. The van der Waals surface area contributed by atoms with Crippen LogP contribution in [0, 0.1) is 12.3 Å². The van der Waals surface area contributed by atoms with Gasteiger partial charge < -0.3 is 14.9 Å². The minimum atomic E-state index is 0.0311. The normalized spacial score (nSPS) is 12.0. The van der Waals surface area contributed by atoms with E-state index in [1.54, 1.807) is 18.2 Å². The molecule has 5 heteroatoms. The monoisotopic (exact) mass is 747 g/mol. The average molecular weight is 748 g/mol. The molecule has 0 radical (unpaired) electrons. The van der Waals surface area contributed by atoms with Gasteiger partial charge in [0.25, 0.3) is 0 Å². The van der Waals surface area contributed by atoms with Gasteiger partial charge in [-0.05, 0) is 65.5 Å². The molecule has 0 aliphatic heterocycles. The molecule has 0 fully saturated rings. The zero-order valence-corrected chi connectivity index (χ0v) is 32.2. The first-order valence-corrected chi connectivity index (χ1v) is 19.3. The molecule has 0 bridgehead atoms. The molecule has 0 atom stereocenters. The van der Waals surface area contributed by atoms with Crippen LogP contribution in [-0.4, -0.2) is 20.8 Å². The first-order chi connectivity index (χ1) is 28.5. The van der Waals surface area contributed by atoms with Crippen LogP contribution in [0.3, 0.4) is 0 Å². The van der Waals surface area contributed by atoms with Crippen LogP contribution in [0.15, 0.2) is 212 Å². The van der Waals surface area contributed by atoms with Gasteiger partial charge in [-0.15, -0.1) is 0 Å². The number of nitrogens with zero attached hydrogens (tertiary/aromatic N) is 3. The molecule has 8 aromatic carbocycles. The molecule has 3 N–H and O–H groups in total. The van der Waals surface area contributed by atoms with Crippen molar-refractivity contribution in [3.05, 3.63) is 218 Å². The quantitative estimate of drug-likeness (QED) is 0.0756. The maximum absolute atomic E-state index is 8.47. The lowest BCUT2D eigenvalue weighted by molar-refractivity contribution is 1.18. The Morgan fingerprint density at radius 3 is 1.81 bits per heavy atom. The van der Waals surface area contributed by atoms with Crippen molar-refractivity contribution >= 4 is 76.8 Å². The molecule has 278 valence electrons. The molecular weight excluding hydrogens is 707 g/mol. The Morgan fingerprint density at radius 2 is 1.12 bits per heavy atom. The fraction of sp³-hybridized carbons (Fsp3) is 0.0189. The minimum Gasteiger partial charge on any atom is -0.383 e. The van der Waals surface area contributed by atoms with Gasteiger partial charge in [-0.2, -0.15) is 0 Å². The molecule has 0 aliphatic rings. The highest BCUT2D eigenvalue weighted by Crippen LogP contribution is 2.42. The number of aromatic nitrogens is 2. The molecule has 0 spiro atoms. The van der Waals surface area contributed by atoms with Gasteiger partial charge in [-0.1, -0.05) is 164 Å². The molecule has 0 saturated carbocycles. The van der Waals surface area contributed by atoms with Crippen molar-refractivity contribution in [3.8, 4) is 11.4 Å². The van der Waals surface area contributed by atoms with Crippen LogP contribution in [0.5, 0.6) is 0 Å². The summed E-state index contributed by atoms with van der Waals surface area (Å²) >= 11 is 0. The topological polar surface area (TPSA) is 72.1 Å². The minimum absolute atomic E-state index is 0.0311. The summed E-state index contributed by atoms with van der Waals surface area (Å²) in [5.41, 5.74) is 15.8. The summed E-state index contributed by atoms with van der Waals surface area (Å²) in [7, 11) is 0. The predicted molar refractivity (Wildman–Crippen MR) is 248 cm³/mol. The first-order valence-electron chi connectivity index (χ1n) is 19.3. The lowest BCUT2D eigenvalue weighted by Crippen LogP contribution is -2.16. The van der Waals surface area contributed by atoms with E-state index < -0.39 is 0 Å². The van der Waals surface area contributed by atoms with Crippen LogP contribution >= 0.6 is 0 Å². The van der Waals surface area contributed by atoms with E-state index in [0.29, 0.717) is 5.57 Å². The van der Waals surface area contributed by atoms with Gasteiger partial charge in [0.15, 0.2) is 5.84 Å². The maximum atomic E-state index is 8.47. The maximum Gasteiger partial charge on any atom is 0.154 e. The Labute approximate surface area is 337 Å². The summed E-state index contributed by atoms with van der Waals surface area (Å²) in [6, 6.07) is 59.8. The van der Waals surface area contributed by atoms with E-state index >= 15 is 0 Å². The van der Waals surface area contributed by atoms with Gasteiger partial charge in [0.2, 0.25) is 0 Å². The highest BCUT2D eigenvalue weighted by Gasteiger charge is 2.19. The van der Waals surface area contributed by atoms with Crippen molar-refractivity contribution in [1.29, 1.82) is 5.41 Å². The number of rotatable bonds is 6. The first kappa shape index (κ1) is 35.9. The fourth-order valence-electron chi connectivity index (χ4n) is 8.23. The van der Waals surface area contributed by atoms with Gasteiger partial charge in [-0.25, -0.2) is 4.99 Å². The standard InChI is InChI=1S/C46H33N5.C7H8/c1-3-13-29(4-2)45(47)49-46(48)30-14-12-17-32(28-30)51-40-20-10-8-18-35(40)38-24-22-34-33-26-27-42-43(36(33)23-25-37(34)44(38)51)39-19-9-11-21-41(39)50(42)31-15-6-5-7-16-31;1-7-5-3-2-4-6-7/h3-28H,1-2H2,(H3,47,48,49);2-6H,1H3/b29-13+;. The van der Waals surface area contributed by atoms with E-state index in [1.807, 2.05) is 36.4 Å². The van der Waals surface area contributed by atoms with Gasteiger partial charge in [0.05, 0.1) is 22.1 Å². The Balaban J connectivity index is 0.000000565. The second-order valence-corrected chi connectivity index (χ2v) is 14.3. The number of para-hydroxylation sites is 3. The van der Waals surface area contributed by atoms with Crippen molar-refractivity contribution in [2.45, 2.75) is 6.92 Å². The van der Waals surface area contributed by atoms with E-state index in [9.17, 15) is 0 Å². The van der Waals surface area contributed by atoms with Gasteiger partial charge in [0, 0.05) is 49.4 Å². The Hall–Kier alpha value is -7.76. The van der Waals surface area contributed by atoms with Crippen LogP contribution in [0.1, 0.15) is 11.1 Å². The average Bonchev–Trinajstić information content (AvgIpc) is 3.80. The molecule has 58 heavy (non-hydrogen) atoms. The van der Waals surface area contributed by atoms with E-state index in [0.717, 1.165) is 28.0 Å². The highest BCUT2D eigenvalue weighted by molar-refractivity contribution is 6.29. The molecule has 10 aromatic rings. The number of aliphatic imine (C=N–C) groups is 1. The summed E-state index contributed by atoms with van der Waals surface area (Å²) in [6.07, 6.45) is 4.89. The zero-order chi connectivity index (χ0) is 39.8. The molecule has 2 aromatic heterocycles. The summed E-state index contributed by atoms with van der Waals surface area (Å²) in [5.74, 6) is 0.289. The number of nitrogens with one attached hydrogen (secondary N) is 1. The molecule has 2 heterocycles. The number of nitrogens with two attached hydrogens (primary N) is 1. The van der Waals surface area contributed by atoms with Crippen molar-refractivity contribution in [2.24, 2.45) is 10.7 Å². The molecule has 0 unspecified atom stereocenters. The van der Waals surface area contributed by atoms with Crippen molar-refractivity contribution in [2.75, 3.05) is 0 Å². The van der Waals surface area contributed by atoms with Gasteiger partial charge in [0.1, 0.15) is 5.84 Å². The SMILES string of the molecule is C=C/C=C(\C=C)C(=N)N=C(N)c1cccc(-n2c3ccccc3c3ccc4c5ccc6c(c5ccc4c32)c2ccccc2n6-c2ccccc2)c1.Cc1ccccc1. The molecule has 0 aliphatic carbocycles. The smallest absolute Gasteiger partial charge is 0.154 e. The van der Waals surface area contributed by atoms with E-state index in [-0.39, 0.29) is 11.7 Å². The van der Waals surface area contributed by atoms with Crippen molar-refractivity contribution < 1.29 is 0 Å². The number of benzene rings is 8. The van der Waals surface area contributed by atoms with Gasteiger partial charge >= 0.3 is 0 Å². The summed E-state index contributed by atoms with van der Waals surface area (Å²) in [6.45, 7) is 9.61. The Kier molecular flexibility index (Phi) is 9.32. The third kappa shape index (κ3) is 6.16. The number of aryl methyl sites for hydroxylation is 1. The number of hydrogen-bond donors (Lipinski definition) is 2. The van der Waals surface area contributed by atoms with E-state index in [2.05, 4.69) is 168 Å². The number of amidine groups is 2. The molecular formula is C53H41N5. The van der Waals surface area contributed by atoms with E-state index in [4.69, 9.17) is 11.1 Å². The van der Waals surface area contributed by atoms with Crippen LogP contribution < -0.4 is 5.73 Å². The number of allylic oxidation sites excluding steroid dienone is 2. The number of hydrogen-bond acceptors (Lipinski definition) is 1. The summed E-state index contributed by atoms with van der Waals surface area (Å²) in [4.78, 5) is 4.42. The fourth-order valence-corrected chi connectivity index (χ4v) is 8.23. The van der Waals surface area contributed by atoms with Crippen LogP contribution in [0.25, 0.3) is 76.5 Å². The van der Waals surface area contributed by atoms with Crippen molar-refractivity contribution in [3.63, 3.8) is 0 Å². The lowest BCUT2D eigenvalue weighted by Gasteiger charge is -2.13. The predicted octanol–water partition coefficient (Wildman–Crippen LogP) is 13.2. The van der Waals surface area contributed by atoms with Crippen molar-refractivity contribution in [1.82, 2.24) is 9.13 Å². The third-order valence-electron chi connectivity index (χ3n) is 10.8. The van der Waals surface area contributed by atoms with Crippen LogP contribution in [0.4, 0.5) is 0 Å². The number of fused-ring (bicyclic) bond motifs is 11. The lowest BCUT2D eigenvalue weighted by atomic mass is 9.96. The third-order valence-corrected chi connectivity index (χ3v) is 10.8. The molecule has 10 rings (SSSR count). The second-order valence-electron chi connectivity index (χ2n) is 14.3. The summed E-state index contributed by atoms with van der Waals surface area (Å²) in [5, 5.41) is 18.1. The highest BCUT2D eigenvalue weighted by atomic mass is 15.0. The molecule has 0 amide bonds. The molecule has 0 saturated heterocycles.